The van der Waals surface area contributed by atoms with Crippen molar-refractivity contribution in [2.24, 2.45) is 0 Å². The summed E-state index contributed by atoms with van der Waals surface area (Å²) in [6, 6.07) is 4.75. The maximum atomic E-state index is 13.0. The third-order valence-corrected chi connectivity index (χ3v) is 3.60. The molecule has 0 atom stereocenters. The van der Waals surface area contributed by atoms with Gasteiger partial charge in [0.1, 0.15) is 5.82 Å². The summed E-state index contributed by atoms with van der Waals surface area (Å²) < 4.78 is 15.8. The first-order valence-electron chi connectivity index (χ1n) is 6.34. The van der Waals surface area contributed by atoms with Crippen molar-refractivity contribution in [3.63, 3.8) is 0 Å². The highest BCUT2D eigenvalue weighted by atomic mass is 79.9. The number of rotatable bonds is 6. The summed E-state index contributed by atoms with van der Waals surface area (Å²) >= 11 is 3.38. The van der Waals surface area contributed by atoms with E-state index in [1.54, 1.807) is 6.07 Å². The predicted octanol–water partition coefficient (Wildman–Crippen LogP) is 2.99. The molecule has 0 fully saturated rings. The van der Waals surface area contributed by atoms with Crippen LogP contribution in [-0.2, 0) is 13.0 Å². The average molecular weight is 326 g/mol. The number of benzene rings is 1. The average Bonchev–Trinajstić information content (AvgIpc) is 2.81. The van der Waals surface area contributed by atoms with Crippen molar-refractivity contribution < 1.29 is 4.39 Å². The van der Waals surface area contributed by atoms with Gasteiger partial charge in [-0.3, -0.25) is 0 Å². The second kappa shape index (κ2) is 6.82. The van der Waals surface area contributed by atoms with Crippen LogP contribution in [0.15, 0.2) is 35.2 Å². The fourth-order valence-corrected chi connectivity index (χ4v) is 2.34. The molecule has 102 valence electrons. The van der Waals surface area contributed by atoms with Crippen molar-refractivity contribution in [3.05, 3.63) is 52.3 Å². The summed E-state index contributed by atoms with van der Waals surface area (Å²) in [7, 11) is 0. The molecule has 1 heterocycles. The van der Waals surface area contributed by atoms with E-state index < -0.39 is 0 Å². The monoisotopic (exact) mass is 325 g/mol. The van der Waals surface area contributed by atoms with E-state index in [9.17, 15) is 4.39 Å². The molecule has 0 unspecified atom stereocenters. The Balaban J connectivity index is 1.99. The summed E-state index contributed by atoms with van der Waals surface area (Å²) in [5.41, 5.74) is 2.11. The highest BCUT2D eigenvalue weighted by Gasteiger charge is 2.04. The van der Waals surface area contributed by atoms with Crippen LogP contribution in [-0.4, -0.2) is 22.6 Å². The molecule has 0 aliphatic carbocycles. The first-order chi connectivity index (χ1) is 9.19. The van der Waals surface area contributed by atoms with Gasteiger partial charge in [0.2, 0.25) is 0 Å². The van der Waals surface area contributed by atoms with E-state index in [0.29, 0.717) is 6.54 Å². The van der Waals surface area contributed by atoms with Gasteiger partial charge >= 0.3 is 0 Å². The zero-order valence-electron chi connectivity index (χ0n) is 10.9. The largest absolute Gasteiger partial charge is 0.333 e. The van der Waals surface area contributed by atoms with E-state index >= 15 is 0 Å². The van der Waals surface area contributed by atoms with E-state index in [-0.39, 0.29) is 5.82 Å². The number of hydrogen-bond acceptors (Lipinski definition) is 2. The number of halogens is 2. The fraction of sp³-hybridized carbons (Fsp3) is 0.357. The minimum atomic E-state index is -0.229. The molecule has 0 saturated heterocycles. The molecule has 0 saturated carbocycles. The number of likely N-dealkylation sites (N-methyl/N-ethyl adjacent to an activating group) is 1. The van der Waals surface area contributed by atoms with Gasteiger partial charge in [0.05, 0.1) is 12.0 Å². The topological polar surface area (TPSA) is 29.9 Å². The maximum Gasteiger partial charge on any atom is 0.124 e. The molecule has 1 N–H and O–H groups in total. The normalized spacial score (nSPS) is 10.9. The summed E-state index contributed by atoms with van der Waals surface area (Å²) in [5.74, 6) is -0.229. The first-order valence-corrected chi connectivity index (χ1v) is 7.13. The molecular weight excluding hydrogens is 309 g/mol. The van der Waals surface area contributed by atoms with Crippen molar-refractivity contribution in [1.82, 2.24) is 14.9 Å². The lowest BCUT2D eigenvalue weighted by Crippen LogP contribution is -2.16. The molecule has 1 aromatic carbocycles. The molecule has 0 bridgehead atoms. The van der Waals surface area contributed by atoms with Gasteiger partial charge in [-0.2, -0.15) is 0 Å². The van der Waals surface area contributed by atoms with Gasteiger partial charge in [-0.05, 0) is 24.2 Å². The van der Waals surface area contributed by atoms with Crippen LogP contribution in [0.5, 0.6) is 0 Å². The highest BCUT2D eigenvalue weighted by Crippen LogP contribution is 2.19. The Morgan fingerprint density at radius 1 is 1.42 bits per heavy atom. The van der Waals surface area contributed by atoms with Crippen molar-refractivity contribution in [2.75, 3.05) is 13.1 Å². The summed E-state index contributed by atoms with van der Waals surface area (Å²) in [4.78, 5) is 4.36. The SMILES string of the molecule is CCNCCc1cn(Cc2ccc(F)cc2Br)cn1. The molecule has 0 aliphatic rings. The molecular formula is C14H17BrFN3. The molecule has 1 aromatic heterocycles. The first kappa shape index (κ1) is 14.2. The lowest BCUT2D eigenvalue weighted by Gasteiger charge is -2.05. The lowest BCUT2D eigenvalue weighted by molar-refractivity contribution is 0.625. The lowest BCUT2D eigenvalue weighted by atomic mass is 10.2. The Bertz CT molecular complexity index is 539. The standard InChI is InChI=1S/C14H17BrFN3/c1-2-17-6-5-13-9-19(10-18-13)8-11-3-4-12(16)7-14(11)15/h3-4,7,9-10,17H,2,5-6,8H2,1H3. The number of hydrogen-bond donors (Lipinski definition) is 1. The smallest absolute Gasteiger partial charge is 0.124 e. The minimum Gasteiger partial charge on any atom is -0.333 e. The molecule has 0 radical (unpaired) electrons. The van der Waals surface area contributed by atoms with Gasteiger partial charge in [-0.15, -0.1) is 0 Å². The van der Waals surface area contributed by atoms with Crippen molar-refractivity contribution in [1.29, 1.82) is 0 Å². The number of nitrogens with zero attached hydrogens (tertiary/aromatic N) is 2. The molecule has 19 heavy (non-hydrogen) atoms. The Labute approximate surface area is 121 Å². The summed E-state index contributed by atoms with van der Waals surface area (Å²) in [6.07, 6.45) is 4.77. The van der Waals surface area contributed by atoms with E-state index in [4.69, 9.17) is 0 Å². The second-order valence-corrected chi connectivity index (χ2v) is 5.23. The van der Waals surface area contributed by atoms with E-state index in [1.165, 1.54) is 12.1 Å². The van der Waals surface area contributed by atoms with Gasteiger partial charge in [-0.25, -0.2) is 9.37 Å². The summed E-state index contributed by atoms with van der Waals surface area (Å²) in [5, 5.41) is 3.27. The number of imidazole rings is 1. The van der Waals surface area contributed by atoms with Crippen molar-refractivity contribution in [3.8, 4) is 0 Å². The molecule has 2 aromatic rings. The van der Waals surface area contributed by atoms with Gasteiger partial charge in [0.25, 0.3) is 0 Å². The Kier molecular flexibility index (Phi) is 5.10. The Morgan fingerprint density at radius 2 is 2.26 bits per heavy atom. The van der Waals surface area contributed by atoms with Crippen molar-refractivity contribution in [2.45, 2.75) is 19.9 Å². The minimum absolute atomic E-state index is 0.229. The Hall–Kier alpha value is -1.20. The van der Waals surface area contributed by atoms with Crippen molar-refractivity contribution >= 4 is 15.9 Å². The van der Waals surface area contributed by atoms with Crippen LogP contribution in [0.1, 0.15) is 18.2 Å². The molecule has 2 rings (SSSR count). The predicted molar refractivity (Wildman–Crippen MR) is 77.7 cm³/mol. The molecule has 3 nitrogen and oxygen atoms in total. The van der Waals surface area contributed by atoms with Gasteiger partial charge in [0.15, 0.2) is 0 Å². The molecule has 0 spiro atoms. The zero-order valence-corrected chi connectivity index (χ0v) is 12.5. The fourth-order valence-electron chi connectivity index (χ4n) is 1.86. The van der Waals surface area contributed by atoms with E-state index in [1.807, 2.05) is 17.1 Å². The van der Waals surface area contributed by atoms with Gasteiger partial charge in [0, 0.05) is 30.2 Å². The van der Waals surface area contributed by atoms with Crippen LogP contribution in [0.2, 0.25) is 0 Å². The van der Waals surface area contributed by atoms with Crippen LogP contribution in [0.4, 0.5) is 4.39 Å². The maximum absolute atomic E-state index is 13.0. The summed E-state index contributed by atoms with van der Waals surface area (Å²) in [6.45, 7) is 4.69. The molecule has 0 amide bonds. The van der Waals surface area contributed by atoms with Gasteiger partial charge < -0.3 is 9.88 Å². The van der Waals surface area contributed by atoms with Crippen LogP contribution in [0.25, 0.3) is 0 Å². The molecule has 5 heteroatoms. The number of nitrogens with one attached hydrogen (secondary N) is 1. The third-order valence-electron chi connectivity index (χ3n) is 2.86. The van der Waals surface area contributed by atoms with Crippen LogP contribution in [0, 0.1) is 5.82 Å². The van der Waals surface area contributed by atoms with Crippen LogP contribution in [0.3, 0.4) is 0 Å². The van der Waals surface area contributed by atoms with E-state index in [2.05, 4.69) is 33.2 Å². The zero-order chi connectivity index (χ0) is 13.7. The third kappa shape index (κ3) is 4.14. The number of aromatic nitrogens is 2. The highest BCUT2D eigenvalue weighted by molar-refractivity contribution is 9.10. The van der Waals surface area contributed by atoms with Crippen LogP contribution >= 0.6 is 15.9 Å². The molecule has 0 aliphatic heterocycles. The quantitative estimate of drug-likeness (QED) is 0.827. The van der Waals surface area contributed by atoms with E-state index in [0.717, 1.165) is 35.2 Å². The van der Waals surface area contributed by atoms with Gasteiger partial charge in [-0.1, -0.05) is 28.9 Å². The second-order valence-electron chi connectivity index (χ2n) is 4.38. The Morgan fingerprint density at radius 3 is 3.00 bits per heavy atom. The van der Waals surface area contributed by atoms with Crippen LogP contribution < -0.4 is 5.32 Å².